The van der Waals surface area contributed by atoms with Crippen molar-refractivity contribution in [3.63, 3.8) is 0 Å². The zero-order valence-electron chi connectivity index (χ0n) is 10.5. The molecule has 0 fully saturated rings. The third kappa shape index (κ3) is 3.28. The number of nitrogens with two attached hydrogens (primary N) is 1. The van der Waals surface area contributed by atoms with E-state index in [-0.39, 0.29) is 12.0 Å². The van der Waals surface area contributed by atoms with Crippen LogP contribution in [0.3, 0.4) is 0 Å². The van der Waals surface area contributed by atoms with Gasteiger partial charge in [0.05, 0.1) is 4.90 Å². The maximum Gasteiger partial charge on any atom is 0.240 e. The SMILES string of the molecule is CCNS(=O)(=O)c1ccccc1C(C)C(C)N. The third-order valence-electron chi connectivity index (χ3n) is 2.82. The Hall–Kier alpha value is -0.910. The molecular formula is C12H20N2O2S. The zero-order valence-corrected chi connectivity index (χ0v) is 11.3. The molecule has 2 atom stereocenters. The van der Waals surface area contributed by atoms with Crippen molar-refractivity contribution < 1.29 is 8.42 Å². The Morgan fingerprint density at radius 3 is 2.41 bits per heavy atom. The Morgan fingerprint density at radius 1 is 1.29 bits per heavy atom. The van der Waals surface area contributed by atoms with E-state index in [4.69, 9.17) is 5.73 Å². The molecule has 0 amide bonds. The molecule has 0 spiro atoms. The summed E-state index contributed by atoms with van der Waals surface area (Å²) in [6.45, 7) is 5.95. The first-order valence-corrected chi connectivity index (χ1v) is 7.22. The molecule has 1 aromatic rings. The van der Waals surface area contributed by atoms with Gasteiger partial charge in [0.25, 0.3) is 0 Å². The average Bonchev–Trinajstić information content (AvgIpc) is 2.28. The highest BCUT2D eigenvalue weighted by Crippen LogP contribution is 2.25. The van der Waals surface area contributed by atoms with E-state index in [1.807, 2.05) is 26.0 Å². The van der Waals surface area contributed by atoms with E-state index in [0.29, 0.717) is 11.4 Å². The van der Waals surface area contributed by atoms with E-state index in [1.54, 1.807) is 19.1 Å². The first-order chi connectivity index (χ1) is 7.90. The summed E-state index contributed by atoms with van der Waals surface area (Å²) < 4.78 is 26.6. The summed E-state index contributed by atoms with van der Waals surface area (Å²) in [5.74, 6) is -0.000342. The Labute approximate surface area is 103 Å². The molecule has 17 heavy (non-hydrogen) atoms. The lowest BCUT2D eigenvalue weighted by Crippen LogP contribution is -2.28. The molecule has 4 nitrogen and oxygen atoms in total. The van der Waals surface area contributed by atoms with Crippen LogP contribution >= 0.6 is 0 Å². The molecule has 0 aromatic heterocycles. The largest absolute Gasteiger partial charge is 0.327 e. The smallest absolute Gasteiger partial charge is 0.240 e. The zero-order chi connectivity index (χ0) is 13.1. The molecule has 0 radical (unpaired) electrons. The number of hydrogen-bond acceptors (Lipinski definition) is 3. The Bertz CT molecular complexity index is 469. The minimum absolute atomic E-state index is 0.000342. The van der Waals surface area contributed by atoms with E-state index < -0.39 is 10.0 Å². The maximum absolute atomic E-state index is 12.0. The molecular weight excluding hydrogens is 236 g/mol. The second kappa shape index (κ2) is 5.62. The van der Waals surface area contributed by atoms with Gasteiger partial charge in [0, 0.05) is 12.6 Å². The number of sulfonamides is 1. The molecule has 0 aliphatic carbocycles. The third-order valence-corrected chi connectivity index (χ3v) is 4.44. The second-order valence-electron chi connectivity index (χ2n) is 4.19. The van der Waals surface area contributed by atoms with Crippen molar-refractivity contribution in [2.75, 3.05) is 6.54 Å². The molecule has 1 aromatic carbocycles. The van der Waals surface area contributed by atoms with Gasteiger partial charge in [-0.25, -0.2) is 13.1 Å². The Kier molecular flexibility index (Phi) is 4.68. The van der Waals surface area contributed by atoms with Crippen molar-refractivity contribution in [1.82, 2.24) is 4.72 Å². The van der Waals surface area contributed by atoms with Crippen molar-refractivity contribution in [2.45, 2.75) is 37.6 Å². The van der Waals surface area contributed by atoms with E-state index in [2.05, 4.69) is 4.72 Å². The molecule has 96 valence electrons. The number of rotatable bonds is 5. The molecule has 0 saturated heterocycles. The first kappa shape index (κ1) is 14.2. The Morgan fingerprint density at radius 2 is 1.88 bits per heavy atom. The summed E-state index contributed by atoms with van der Waals surface area (Å²) in [6.07, 6.45) is 0. The van der Waals surface area contributed by atoms with Crippen molar-refractivity contribution in [1.29, 1.82) is 0 Å². The van der Waals surface area contributed by atoms with Gasteiger partial charge in [0.1, 0.15) is 0 Å². The van der Waals surface area contributed by atoms with Gasteiger partial charge in [-0.1, -0.05) is 32.0 Å². The van der Waals surface area contributed by atoms with Crippen LogP contribution in [0.15, 0.2) is 29.2 Å². The standard InChI is InChI=1S/C12H20N2O2S/c1-4-14-17(15,16)12-8-6-5-7-11(12)9(2)10(3)13/h5-10,14H,4,13H2,1-3H3. The van der Waals surface area contributed by atoms with Gasteiger partial charge in [-0.15, -0.1) is 0 Å². The predicted octanol–water partition coefficient (Wildman–Crippen LogP) is 1.44. The number of nitrogens with one attached hydrogen (secondary N) is 1. The lowest BCUT2D eigenvalue weighted by Gasteiger charge is -2.19. The van der Waals surface area contributed by atoms with Crippen LogP contribution in [0.2, 0.25) is 0 Å². The second-order valence-corrected chi connectivity index (χ2v) is 5.92. The highest BCUT2D eigenvalue weighted by Gasteiger charge is 2.21. The average molecular weight is 256 g/mol. The summed E-state index contributed by atoms with van der Waals surface area (Å²) in [5.41, 5.74) is 6.61. The van der Waals surface area contributed by atoms with Crippen LogP contribution in [-0.4, -0.2) is 21.0 Å². The molecule has 5 heteroatoms. The lowest BCUT2D eigenvalue weighted by atomic mass is 9.95. The number of benzene rings is 1. The molecule has 0 bridgehead atoms. The summed E-state index contributed by atoms with van der Waals surface area (Å²) in [7, 11) is -3.43. The fourth-order valence-electron chi connectivity index (χ4n) is 1.65. The van der Waals surface area contributed by atoms with E-state index in [1.165, 1.54) is 0 Å². The monoisotopic (exact) mass is 256 g/mol. The van der Waals surface area contributed by atoms with E-state index in [9.17, 15) is 8.42 Å². The minimum atomic E-state index is -3.43. The normalized spacial score (nSPS) is 15.5. The van der Waals surface area contributed by atoms with Crippen molar-refractivity contribution in [3.05, 3.63) is 29.8 Å². The van der Waals surface area contributed by atoms with Crippen LogP contribution in [0.25, 0.3) is 0 Å². The van der Waals surface area contributed by atoms with Crippen molar-refractivity contribution in [2.24, 2.45) is 5.73 Å². The topological polar surface area (TPSA) is 72.2 Å². The Balaban J connectivity index is 3.26. The summed E-state index contributed by atoms with van der Waals surface area (Å²) >= 11 is 0. The summed E-state index contributed by atoms with van der Waals surface area (Å²) in [5, 5.41) is 0. The first-order valence-electron chi connectivity index (χ1n) is 5.74. The van der Waals surface area contributed by atoms with E-state index >= 15 is 0 Å². The van der Waals surface area contributed by atoms with Crippen molar-refractivity contribution in [3.8, 4) is 0 Å². The molecule has 0 heterocycles. The molecule has 3 N–H and O–H groups in total. The maximum atomic E-state index is 12.0. The fraction of sp³-hybridized carbons (Fsp3) is 0.500. The highest BCUT2D eigenvalue weighted by atomic mass is 32.2. The summed E-state index contributed by atoms with van der Waals surface area (Å²) in [6, 6.07) is 6.90. The number of hydrogen-bond donors (Lipinski definition) is 2. The lowest BCUT2D eigenvalue weighted by molar-refractivity contribution is 0.572. The highest BCUT2D eigenvalue weighted by molar-refractivity contribution is 7.89. The van der Waals surface area contributed by atoms with Gasteiger partial charge >= 0.3 is 0 Å². The van der Waals surface area contributed by atoms with E-state index in [0.717, 1.165) is 5.56 Å². The molecule has 2 unspecified atom stereocenters. The molecule has 0 aliphatic heterocycles. The quantitative estimate of drug-likeness (QED) is 0.837. The predicted molar refractivity (Wildman–Crippen MR) is 69.4 cm³/mol. The van der Waals surface area contributed by atoms with Gasteiger partial charge in [0.15, 0.2) is 0 Å². The minimum Gasteiger partial charge on any atom is -0.327 e. The van der Waals surface area contributed by atoms with Gasteiger partial charge in [0.2, 0.25) is 10.0 Å². The molecule has 0 saturated carbocycles. The van der Waals surface area contributed by atoms with Gasteiger partial charge < -0.3 is 5.73 Å². The molecule has 0 aliphatic rings. The van der Waals surface area contributed by atoms with Crippen LogP contribution in [0.4, 0.5) is 0 Å². The summed E-state index contributed by atoms with van der Waals surface area (Å²) in [4.78, 5) is 0.326. The van der Waals surface area contributed by atoms with Crippen LogP contribution in [0.1, 0.15) is 32.3 Å². The van der Waals surface area contributed by atoms with Crippen LogP contribution < -0.4 is 10.5 Å². The fourth-order valence-corrected chi connectivity index (χ4v) is 3.01. The van der Waals surface area contributed by atoms with Gasteiger partial charge in [-0.05, 0) is 24.5 Å². The van der Waals surface area contributed by atoms with Gasteiger partial charge in [-0.2, -0.15) is 0 Å². The molecule has 1 rings (SSSR count). The van der Waals surface area contributed by atoms with Crippen molar-refractivity contribution >= 4 is 10.0 Å². The van der Waals surface area contributed by atoms with Crippen LogP contribution in [0.5, 0.6) is 0 Å². The van der Waals surface area contributed by atoms with Crippen LogP contribution in [0, 0.1) is 0 Å². The van der Waals surface area contributed by atoms with Crippen LogP contribution in [-0.2, 0) is 10.0 Å². The van der Waals surface area contributed by atoms with Gasteiger partial charge in [-0.3, -0.25) is 0 Å².